The van der Waals surface area contributed by atoms with E-state index < -0.39 is 274 Å². The number of nitrogens with two attached hydrogens (primary N) is 3. The van der Waals surface area contributed by atoms with E-state index in [0.717, 1.165) is 52.9 Å². The molecule has 44 nitrogen and oxygen atoms in total. The van der Waals surface area contributed by atoms with Crippen LogP contribution in [0.15, 0.2) is 54.7 Å². The lowest BCUT2D eigenvalue weighted by molar-refractivity contribution is -0.156. The lowest BCUT2D eigenvalue weighted by atomic mass is 9.96. The lowest BCUT2D eigenvalue weighted by Gasteiger charge is -2.30. The van der Waals surface area contributed by atoms with Crippen LogP contribution in [-0.2, 0) is 102 Å². The van der Waals surface area contributed by atoms with Crippen LogP contribution in [0.2, 0.25) is 0 Å². The zero-order valence-electron chi connectivity index (χ0n) is 64.6. The van der Waals surface area contributed by atoms with Gasteiger partial charge in [-0.3, -0.25) is 91.1 Å². The van der Waals surface area contributed by atoms with Gasteiger partial charge in [0, 0.05) is 41.2 Å². The summed E-state index contributed by atoms with van der Waals surface area (Å²) in [4.78, 5) is 276. The Morgan fingerprint density at radius 1 is 0.556 bits per heavy atom. The Morgan fingerprint density at radius 2 is 1.10 bits per heavy atom. The van der Waals surface area contributed by atoms with Crippen molar-refractivity contribution in [2.24, 2.45) is 17.4 Å². The molecule has 0 saturated carbocycles. The summed E-state index contributed by atoms with van der Waals surface area (Å²) in [6.45, 7) is 1.05. The number of carboxylic acids is 4. The summed E-state index contributed by atoms with van der Waals surface area (Å²) in [5.74, 6) is -30.3. The standard InChI is InChI=1S/C73H103N17O27/c1-5-6-7-8-9-10-16-39(92)25-54(95)82-45(24-38-31-77-43-20-14-12-17-40(38)43)67(110)85-46(27-53(76)94)68(111)87-49(30-60(104)105)69(112)90-62-37(4)117-73(116)50(26-52(93)41-18-11-13-19-42(41)75)88-72(115)61(35(2)23-57(98)99)89-70(113)51(34-91)83-56(97)32-78-64(107)47(28-58(100)101)84-63(106)36(3)80-66(109)48(29-59(102)103)86-65(108)44(21-15-22-74)81-55(96)33-79-71(62)114/h11-14,17-20,31,35-37,39,44-51,61-62,77,91-92H,5-10,15-16,21-30,32-34,74-75H2,1-4H3,(H2,76,94)(H,78,107)(H,79,114)(H,80,109)(H,81,96)(H,82,95)(H,83,97)(H,84,106)(H,85,110)(H,86,108)(H,87,111)(H,88,115)(H,89,113)(H,90,112)(H,98,99)(H,100,101)(H,102,103)(H,104,105). The number of hydrogen-bond donors (Lipinski definition) is 23. The summed E-state index contributed by atoms with van der Waals surface area (Å²) in [5, 5.41) is 89.2. The van der Waals surface area contributed by atoms with Crippen molar-refractivity contribution in [3.63, 3.8) is 0 Å². The van der Waals surface area contributed by atoms with Crippen molar-refractivity contribution in [3.8, 4) is 0 Å². The lowest BCUT2D eigenvalue weighted by Crippen LogP contribution is -2.62. The number of anilines is 1. The summed E-state index contributed by atoms with van der Waals surface area (Å²) in [6, 6.07) is -11.0. The Bertz CT molecular complexity index is 4100. The number of amides is 14. The van der Waals surface area contributed by atoms with Gasteiger partial charge in [0.2, 0.25) is 82.7 Å². The van der Waals surface area contributed by atoms with Crippen LogP contribution < -0.4 is 86.3 Å². The van der Waals surface area contributed by atoms with Gasteiger partial charge in [-0.15, -0.1) is 0 Å². The number of Topliss-reactive ketones (excluding diaryl/α,β-unsaturated/α-hetero) is 1. The number of carbonyl (C=O) groups is 20. The number of cyclic esters (lactones) is 1. The van der Waals surface area contributed by atoms with Gasteiger partial charge in [-0.05, 0) is 69.3 Å². The van der Waals surface area contributed by atoms with E-state index in [1.165, 1.54) is 30.5 Å². The monoisotopic (exact) mass is 1650 g/mol. The molecule has 1 aliphatic rings. The smallest absolute Gasteiger partial charge is 0.329 e. The van der Waals surface area contributed by atoms with Crippen molar-refractivity contribution in [2.75, 3.05) is 32.0 Å². The van der Waals surface area contributed by atoms with E-state index in [4.69, 9.17) is 21.9 Å². The van der Waals surface area contributed by atoms with Crippen LogP contribution in [0.3, 0.4) is 0 Å². The van der Waals surface area contributed by atoms with Gasteiger partial charge in [-0.2, -0.15) is 0 Å². The third-order valence-corrected chi connectivity index (χ3v) is 18.2. The first kappa shape index (κ1) is 96.6. The van der Waals surface area contributed by atoms with Crippen molar-refractivity contribution in [2.45, 2.75) is 216 Å². The molecule has 26 N–H and O–H groups in total. The highest BCUT2D eigenvalue weighted by Crippen LogP contribution is 2.22. The molecule has 642 valence electrons. The number of esters is 1. The first-order valence-corrected chi connectivity index (χ1v) is 37.4. The normalized spacial score (nSPS) is 21.3. The number of aromatic nitrogens is 1. The van der Waals surface area contributed by atoms with Crippen molar-refractivity contribution in [1.82, 2.24) is 74.1 Å². The summed E-state index contributed by atoms with van der Waals surface area (Å²) < 4.78 is 5.68. The highest BCUT2D eigenvalue weighted by Gasteiger charge is 2.41. The van der Waals surface area contributed by atoms with E-state index in [1.807, 2.05) is 16.0 Å². The van der Waals surface area contributed by atoms with Crippen LogP contribution in [-0.4, -0.2) is 259 Å². The number of ether oxygens (including phenoxy) is 1. The van der Waals surface area contributed by atoms with Crippen molar-refractivity contribution < 1.29 is 131 Å². The molecule has 0 radical (unpaired) electrons. The number of aliphatic hydroxyl groups excluding tert-OH is 2. The summed E-state index contributed by atoms with van der Waals surface area (Å²) >= 11 is 0. The number of aliphatic hydroxyl groups is 2. The van der Waals surface area contributed by atoms with E-state index in [-0.39, 0.29) is 37.1 Å². The molecule has 2 heterocycles. The number of carbonyl (C=O) groups excluding carboxylic acids is 16. The molecule has 117 heavy (non-hydrogen) atoms. The minimum Gasteiger partial charge on any atom is -0.481 e. The molecule has 14 atom stereocenters. The molecule has 2 aromatic carbocycles. The number of unbranched alkanes of at least 4 members (excludes halogenated alkanes) is 5. The van der Waals surface area contributed by atoms with E-state index in [0.29, 0.717) is 22.9 Å². The molecule has 14 amide bonds. The highest BCUT2D eigenvalue weighted by atomic mass is 16.5. The van der Waals surface area contributed by atoms with Crippen LogP contribution in [0.4, 0.5) is 5.69 Å². The largest absolute Gasteiger partial charge is 0.481 e. The minimum absolute atomic E-state index is 0.102. The quantitative estimate of drug-likeness (QED) is 0.0111. The van der Waals surface area contributed by atoms with Crippen molar-refractivity contribution in [1.29, 1.82) is 0 Å². The van der Waals surface area contributed by atoms with Crippen LogP contribution >= 0.6 is 0 Å². The van der Waals surface area contributed by atoms with Gasteiger partial charge in [-0.25, -0.2) is 4.79 Å². The molecule has 1 aliphatic heterocycles. The number of primary amides is 1. The fraction of sp³-hybridized carbons (Fsp3) is 0.534. The zero-order valence-corrected chi connectivity index (χ0v) is 64.6. The molecule has 1 aromatic heterocycles. The minimum atomic E-state index is -2.47. The Hall–Kier alpha value is -12.7. The zero-order chi connectivity index (χ0) is 87.3. The SMILES string of the molecule is CCCCCCCCC(O)CC(=O)NC(Cc1c[nH]c2ccccc12)C(=O)NC(CC(N)=O)C(=O)NC(CC(=O)O)C(=O)NC1C(=O)NCC(=O)NC(CCCN)C(=O)NC(CC(=O)O)C(=O)NC(C)C(=O)NC(CC(=O)O)C(=O)NCC(=O)NC(CO)C(=O)NC(C(C)CC(=O)O)C(=O)NC(CC(=O)c2ccccc2N)C(=O)OC1C. The Labute approximate surface area is 668 Å². The number of para-hydroxylation sites is 2. The highest BCUT2D eigenvalue weighted by molar-refractivity contribution is 6.05. The average molecular weight is 1650 g/mol. The number of H-pyrrole nitrogens is 1. The maximum Gasteiger partial charge on any atom is 0.329 e. The third kappa shape index (κ3) is 33.3. The number of nitrogens with one attached hydrogen (secondary N) is 14. The van der Waals surface area contributed by atoms with Gasteiger partial charge >= 0.3 is 29.8 Å². The van der Waals surface area contributed by atoms with Crippen LogP contribution in [0, 0.1) is 5.92 Å². The molecule has 14 unspecified atom stereocenters. The first-order valence-electron chi connectivity index (χ1n) is 37.4. The van der Waals surface area contributed by atoms with Crippen molar-refractivity contribution >= 4 is 135 Å². The second-order valence-electron chi connectivity index (χ2n) is 27.8. The molecule has 0 bridgehead atoms. The number of aliphatic carboxylic acids is 4. The fourth-order valence-electron chi connectivity index (χ4n) is 12.0. The van der Waals surface area contributed by atoms with Gasteiger partial charge in [-0.1, -0.05) is 82.7 Å². The molecular formula is C73H103N17O27. The molecule has 1 fully saturated rings. The van der Waals surface area contributed by atoms with Crippen LogP contribution in [0.5, 0.6) is 0 Å². The number of ketones is 1. The number of rotatable bonds is 36. The summed E-state index contributed by atoms with van der Waals surface area (Å²) in [7, 11) is 0. The number of benzene rings is 2. The molecule has 0 spiro atoms. The van der Waals surface area contributed by atoms with E-state index in [9.17, 15) is 127 Å². The van der Waals surface area contributed by atoms with Crippen LogP contribution in [0.1, 0.15) is 146 Å². The first-order chi connectivity index (χ1) is 55.2. The number of aromatic amines is 1. The fourth-order valence-corrected chi connectivity index (χ4v) is 12.0. The number of nitrogen functional groups attached to an aromatic ring is 1. The van der Waals surface area contributed by atoms with E-state index in [2.05, 4.69) is 65.1 Å². The maximum atomic E-state index is 14.8. The maximum absolute atomic E-state index is 14.8. The van der Waals surface area contributed by atoms with Gasteiger partial charge in [0.1, 0.15) is 72.6 Å². The number of fused-ring (bicyclic) bond motifs is 1. The second-order valence-corrected chi connectivity index (χ2v) is 27.8. The Morgan fingerprint density at radius 3 is 1.71 bits per heavy atom. The third-order valence-electron chi connectivity index (χ3n) is 18.2. The van der Waals surface area contributed by atoms with Gasteiger partial charge in [0.05, 0.1) is 64.3 Å². The average Bonchev–Trinajstić information content (AvgIpc) is 1.72. The number of carboxylic acid groups (broad SMARTS) is 4. The Kier molecular flexibility index (Phi) is 40.0. The van der Waals surface area contributed by atoms with Crippen LogP contribution in [0.25, 0.3) is 10.9 Å². The van der Waals surface area contributed by atoms with Gasteiger partial charge < -0.3 is 127 Å². The van der Waals surface area contributed by atoms with Gasteiger partial charge in [0.15, 0.2) is 5.78 Å². The van der Waals surface area contributed by atoms with E-state index >= 15 is 0 Å². The van der Waals surface area contributed by atoms with E-state index in [1.54, 1.807) is 24.3 Å². The predicted octanol–water partition coefficient (Wildman–Crippen LogP) is -6.26. The molecule has 4 rings (SSSR count). The molecule has 3 aromatic rings. The summed E-state index contributed by atoms with van der Waals surface area (Å²) in [5.41, 5.74) is 18.0. The summed E-state index contributed by atoms with van der Waals surface area (Å²) in [6.07, 6.45) is -4.69. The predicted molar refractivity (Wildman–Crippen MR) is 406 cm³/mol. The van der Waals surface area contributed by atoms with Gasteiger partial charge in [0.25, 0.3) is 0 Å². The Balaban J connectivity index is 1.87. The molecule has 0 aliphatic carbocycles. The van der Waals surface area contributed by atoms with Crippen molar-refractivity contribution in [3.05, 3.63) is 65.9 Å². The molecular weight excluding hydrogens is 1550 g/mol. The molecule has 1 saturated heterocycles. The molecule has 44 heteroatoms. The second kappa shape index (κ2) is 48.5. The topological polar surface area (TPSA) is 722 Å². The number of hydrogen-bond acceptors (Lipinski definition) is 25.